The zero-order chi connectivity index (χ0) is 11.3. The van der Waals surface area contributed by atoms with Gasteiger partial charge >= 0.3 is 0 Å². The van der Waals surface area contributed by atoms with E-state index in [2.05, 4.69) is 17.3 Å². The molecule has 1 saturated carbocycles. The van der Waals surface area contributed by atoms with Gasteiger partial charge in [0.1, 0.15) is 0 Å². The lowest BCUT2D eigenvalue weighted by molar-refractivity contribution is 0.144. The van der Waals surface area contributed by atoms with Crippen LogP contribution in [0.4, 0.5) is 4.79 Å². The summed E-state index contributed by atoms with van der Waals surface area (Å²) in [6.07, 6.45) is 5.86. The first kappa shape index (κ1) is 8.39. The number of fused-ring (bicyclic) bond motifs is 5. The van der Waals surface area contributed by atoms with Gasteiger partial charge in [-0.1, -0.05) is 12.2 Å². The monoisotopic (exact) mass is 207 g/mol. The fourth-order valence-corrected chi connectivity index (χ4v) is 3.92. The number of nitrogens with zero attached hydrogens (tertiary/aromatic N) is 1. The van der Waals surface area contributed by atoms with Gasteiger partial charge in [-0.25, -0.2) is 0 Å². The minimum Gasteiger partial charge on any atom is -0.394 e. The van der Waals surface area contributed by atoms with Crippen LogP contribution in [0.5, 0.6) is 0 Å². The van der Waals surface area contributed by atoms with Crippen molar-refractivity contribution in [3.63, 3.8) is 0 Å². The second kappa shape index (κ2) is 3.11. The molecular formula is C11H16BNO2. The third-order valence-electron chi connectivity index (χ3n) is 4.52. The van der Waals surface area contributed by atoms with Crippen LogP contribution >= 0.6 is 0 Å². The highest BCUT2D eigenvalue weighted by atomic mass is 16.3. The average molecular weight is 207 g/mol. The fourth-order valence-electron chi connectivity index (χ4n) is 3.92. The highest BCUT2D eigenvalue weighted by Gasteiger charge is 2.54. The number of rotatable bonds is 2. The molecule has 0 aromatic rings. The number of amides is 1. The molecule has 5 atom stereocenters. The van der Waals surface area contributed by atoms with Crippen LogP contribution in [0.25, 0.3) is 0 Å². The van der Waals surface area contributed by atoms with Crippen molar-refractivity contribution in [3.8, 4) is 0 Å². The zero-order valence-corrected chi connectivity index (χ0v) is 8.93. The van der Waals surface area contributed by atoms with E-state index in [0.29, 0.717) is 30.3 Å². The molecule has 0 spiro atoms. The molecule has 3 aliphatic rings. The Morgan fingerprint density at radius 1 is 1.60 bits per heavy atom. The van der Waals surface area contributed by atoms with Crippen molar-refractivity contribution in [2.75, 3.05) is 13.2 Å². The van der Waals surface area contributed by atoms with Crippen molar-refractivity contribution >= 4 is 13.7 Å². The van der Waals surface area contributed by atoms with E-state index in [1.54, 1.807) is 7.85 Å². The first-order valence-corrected chi connectivity index (χ1v) is 5.76. The summed E-state index contributed by atoms with van der Waals surface area (Å²) in [5.74, 6) is 2.53. The molecule has 3 nitrogen and oxygen atoms in total. The lowest BCUT2D eigenvalue weighted by atomic mass is 9.82. The van der Waals surface area contributed by atoms with Gasteiger partial charge in [-0.15, -0.1) is 0 Å². The Morgan fingerprint density at radius 2 is 2.40 bits per heavy atom. The van der Waals surface area contributed by atoms with Gasteiger partial charge in [-0.05, 0) is 30.1 Å². The molecular weight excluding hydrogens is 189 g/mol. The predicted molar refractivity (Wildman–Crippen MR) is 59.2 cm³/mol. The summed E-state index contributed by atoms with van der Waals surface area (Å²) in [4.78, 5) is 13.5. The van der Waals surface area contributed by atoms with E-state index in [1.165, 1.54) is 6.42 Å². The molecule has 4 unspecified atom stereocenters. The molecule has 0 radical (unpaired) electrons. The minimum absolute atomic E-state index is 0.121. The molecule has 15 heavy (non-hydrogen) atoms. The van der Waals surface area contributed by atoms with Crippen LogP contribution in [0.2, 0.25) is 0 Å². The maximum Gasteiger partial charge on any atom is 0.215 e. The highest BCUT2D eigenvalue weighted by molar-refractivity contribution is 6.57. The van der Waals surface area contributed by atoms with Crippen LogP contribution in [0.3, 0.4) is 0 Å². The first-order valence-electron chi connectivity index (χ1n) is 6.17. The maximum atomic E-state index is 11.6. The molecule has 1 saturated heterocycles. The van der Waals surface area contributed by atoms with Crippen molar-refractivity contribution in [2.24, 2.45) is 23.7 Å². The Morgan fingerprint density at radius 3 is 3.13 bits per heavy atom. The van der Waals surface area contributed by atoms with E-state index in [1.807, 2.05) is 4.90 Å². The van der Waals surface area contributed by atoms with Gasteiger partial charge in [0.05, 0.1) is 12.6 Å². The summed E-state index contributed by atoms with van der Waals surface area (Å²) in [5.41, 5.74) is 0. The number of aliphatic hydroxyl groups is 1. The van der Waals surface area contributed by atoms with Crippen LogP contribution in [-0.4, -0.2) is 44.3 Å². The molecule has 0 aromatic carbocycles. The van der Waals surface area contributed by atoms with E-state index in [-0.39, 0.29) is 11.8 Å². The van der Waals surface area contributed by atoms with Crippen LogP contribution in [0.1, 0.15) is 6.42 Å². The van der Waals surface area contributed by atoms with E-state index in [4.69, 9.17) is 1.43 Å². The van der Waals surface area contributed by atoms with Gasteiger partial charge in [0.25, 0.3) is 0 Å². The number of carbonyl (C=O) groups is 1. The largest absolute Gasteiger partial charge is 0.394 e. The molecule has 4 heteroatoms. The van der Waals surface area contributed by atoms with E-state index >= 15 is 0 Å². The average Bonchev–Trinajstić information content (AvgIpc) is 2.87. The highest BCUT2D eigenvalue weighted by Crippen LogP contribution is 2.53. The number of likely N-dealkylation sites (tertiary alicyclic amines) is 1. The quantitative estimate of drug-likeness (QED) is 0.505. The van der Waals surface area contributed by atoms with E-state index in [9.17, 15) is 4.79 Å². The van der Waals surface area contributed by atoms with Crippen molar-refractivity contribution in [1.82, 2.24) is 4.90 Å². The van der Waals surface area contributed by atoms with Crippen LogP contribution in [0, 0.1) is 23.7 Å². The van der Waals surface area contributed by atoms with Crippen molar-refractivity contribution in [3.05, 3.63) is 12.2 Å². The molecule has 1 N–H and O–H groups in total. The molecule has 1 heterocycles. The van der Waals surface area contributed by atoms with Gasteiger partial charge in [0.15, 0.2) is 5.81 Å². The second-order valence-corrected chi connectivity index (χ2v) is 5.09. The first-order chi connectivity index (χ1) is 7.72. The Hall–Kier alpha value is -0.765. The smallest absolute Gasteiger partial charge is 0.215 e. The molecule has 2 bridgehead atoms. The van der Waals surface area contributed by atoms with Gasteiger partial charge < -0.3 is 10.0 Å². The molecule has 2 aliphatic carbocycles. The van der Waals surface area contributed by atoms with Gasteiger partial charge in [0.2, 0.25) is 9.28 Å². The number of hydrogen-bond donors (Lipinski definition) is 1. The summed E-state index contributed by atoms with van der Waals surface area (Å²) in [6, 6.07) is 0.125. The summed E-state index contributed by atoms with van der Waals surface area (Å²) >= 11 is 0. The Kier molecular flexibility index (Phi) is 1.74. The maximum absolute atomic E-state index is 11.6. The Bertz CT molecular complexity index is 349. The summed E-state index contributed by atoms with van der Waals surface area (Å²) in [5, 5.41) is 4.55. The summed E-state index contributed by atoms with van der Waals surface area (Å²) in [7, 11) is 1.62. The van der Waals surface area contributed by atoms with Crippen molar-refractivity contribution in [1.29, 1.82) is 1.43 Å². The third-order valence-corrected chi connectivity index (χ3v) is 4.52. The van der Waals surface area contributed by atoms with E-state index < -0.39 is 0 Å². The number of carbonyl (C=O) groups excluding carboxylic acids is 1. The SMILES string of the molecule is [3H]OC[C@@H]1C2C3C=CC(C3)C2CN1C(B)=O. The normalized spacial score (nSPS) is 47.1. The predicted octanol–water partition coefficient (Wildman–Crippen LogP) is -0.146. The van der Waals surface area contributed by atoms with Crippen molar-refractivity contribution < 1.29 is 9.90 Å². The van der Waals surface area contributed by atoms with Gasteiger partial charge in [-0.2, -0.15) is 0 Å². The van der Waals surface area contributed by atoms with Gasteiger partial charge in [0, 0.05) is 6.54 Å². The third kappa shape index (κ3) is 1.14. The summed E-state index contributed by atoms with van der Waals surface area (Å²) in [6.45, 7) is 1.22. The number of aliphatic hydroxyl groups excluding tert-OH is 1. The number of allylic oxidation sites excluding steroid dienone is 2. The van der Waals surface area contributed by atoms with Crippen LogP contribution < -0.4 is 0 Å². The minimum atomic E-state index is 0.121. The van der Waals surface area contributed by atoms with Crippen molar-refractivity contribution in [2.45, 2.75) is 12.5 Å². The topological polar surface area (TPSA) is 40.5 Å². The molecule has 3 rings (SSSR count). The number of hydrogen-bond acceptors (Lipinski definition) is 2. The molecule has 1 aliphatic heterocycles. The van der Waals surface area contributed by atoms with Crippen LogP contribution in [0.15, 0.2) is 12.2 Å². The Balaban J connectivity index is 1.86. The molecule has 2 fully saturated rings. The Labute approximate surface area is 92.0 Å². The second-order valence-electron chi connectivity index (χ2n) is 5.09. The molecule has 1 amide bonds. The fraction of sp³-hybridized carbons (Fsp3) is 0.727. The lowest BCUT2D eigenvalue weighted by Gasteiger charge is -2.27. The van der Waals surface area contributed by atoms with Crippen LogP contribution in [-0.2, 0) is 0 Å². The lowest BCUT2D eigenvalue weighted by Crippen LogP contribution is -2.41. The van der Waals surface area contributed by atoms with Gasteiger partial charge in [-0.3, -0.25) is 4.79 Å². The zero-order valence-electron chi connectivity index (χ0n) is 9.93. The molecule has 80 valence electrons. The molecule has 0 aromatic heterocycles. The standard InChI is InChI=1S/C11H16BNO2/c12-11(15)13-4-8-6-1-2-7(3-6)10(8)9(13)5-14/h1-2,6-10,14H,3-5,12H2/t6?,7?,8?,9-,10?/m1/s1/i14T. The van der Waals surface area contributed by atoms with E-state index in [0.717, 1.165) is 6.54 Å². The summed E-state index contributed by atoms with van der Waals surface area (Å²) < 4.78 is 6.93.